The molecular formula is C26H37N3O4S. The molecule has 0 bridgehead atoms. The maximum Gasteiger partial charge on any atom is 0.243 e. The third-order valence-electron chi connectivity index (χ3n) is 5.28. The zero-order valence-electron chi connectivity index (χ0n) is 20.8. The first-order valence-corrected chi connectivity index (χ1v) is 13.5. The van der Waals surface area contributed by atoms with Gasteiger partial charge < -0.3 is 10.2 Å². The summed E-state index contributed by atoms with van der Waals surface area (Å²) >= 11 is 0. The van der Waals surface area contributed by atoms with Crippen molar-refractivity contribution in [2.24, 2.45) is 0 Å². The molecule has 34 heavy (non-hydrogen) atoms. The summed E-state index contributed by atoms with van der Waals surface area (Å²) in [6, 6.07) is 17.8. The highest BCUT2D eigenvalue weighted by Gasteiger charge is 2.30. The van der Waals surface area contributed by atoms with Crippen molar-refractivity contribution in [1.82, 2.24) is 10.2 Å². The molecule has 2 rings (SSSR count). The second kappa shape index (κ2) is 12.0. The molecule has 0 heterocycles. The molecule has 2 amide bonds. The first-order chi connectivity index (χ1) is 15.9. The van der Waals surface area contributed by atoms with Crippen LogP contribution in [0.1, 0.15) is 52.5 Å². The van der Waals surface area contributed by atoms with Gasteiger partial charge in [-0.3, -0.25) is 13.9 Å². The van der Waals surface area contributed by atoms with Crippen molar-refractivity contribution in [2.75, 3.05) is 17.1 Å². The number of para-hydroxylation sites is 1. The molecule has 0 saturated heterocycles. The third-order valence-corrected chi connectivity index (χ3v) is 6.47. The van der Waals surface area contributed by atoms with Gasteiger partial charge in [0.05, 0.1) is 11.9 Å². The van der Waals surface area contributed by atoms with Crippen molar-refractivity contribution in [1.29, 1.82) is 0 Å². The molecule has 0 spiro atoms. The molecule has 2 aromatic rings. The Morgan fingerprint density at radius 2 is 1.53 bits per heavy atom. The summed E-state index contributed by atoms with van der Waals surface area (Å²) in [7, 11) is -3.50. The first kappa shape index (κ1) is 27.4. The number of rotatable bonds is 11. The molecule has 1 N–H and O–H groups in total. The van der Waals surface area contributed by atoms with E-state index in [0.717, 1.165) is 11.8 Å². The minimum absolute atomic E-state index is 0.130. The fraction of sp³-hybridized carbons (Fsp3) is 0.462. The zero-order chi connectivity index (χ0) is 25.4. The van der Waals surface area contributed by atoms with Crippen LogP contribution in [0.5, 0.6) is 0 Å². The number of hydrogen-bond acceptors (Lipinski definition) is 4. The number of amides is 2. The standard InChI is InChI=1S/C26H37N3O4S/c1-6-23(25(31)27-26(2,3)4)28(20-21-14-9-7-10-15-21)24(30)18-13-19-29(34(5,32)33)22-16-11-8-12-17-22/h7-12,14-17,23H,6,13,18-20H2,1-5H3,(H,27,31)/t23-/m0/s1. The van der Waals surface area contributed by atoms with Crippen LogP contribution in [0.4, 0.5) is 5.69 Å². The Kier molecular flexibility index (Phi) is 9.67. The maximum atomic E-state index is 13.4. The normalized spacial score (nSPS) is 12.6. The average molecular weight is 488 g/mol. The fourth-order valence-corrected chi connectivity index (χ4v) is 4.72. The lowest BCUT2D eigenvalue weighted by atomic mass is 10.0. The molecule has 7 nitrogen and oxygen atoms in total. The molecule has 8 heteroatoms. The van der Waals surface area contributed by atoms with Gasteiger partial charge in [0.1, 0.15) is 6.04 Å². The second-order valence-electron chi connectivity index (χ2n) is 9.44. The summed E-state index contributed by atoms with van der Waals surface area (Å²) in [5, 5.41) is 2.99. The van der Waals surface area contributed by atoms with Crippen LogP contribution >= 0.6 is 0 Å². The summed E-state index contributed by atoms with van der Waals surface area (Å²) in [4.78, 5) is 28.0. The van der Waals surface area contributed by atoms with Gasteiger partial charge in [-0.15, -0.1) is 0 Å². The fourth-order valence-electron chi connectivity index (χ4n) is 3.75. The van der Waals surface area contributed by atoms with Crippen molar-refractivity contribution in [3.8, 4) is 0 Å². The lowest BCUT2D eigenvalue weighted by molar-refractivity contribution is -0.142. The van der Waals surface area contributed by atoms with Gasteiger partial charge in [-0.05, 0) is 51.3 Å². The number of anilines is 1. The van der Waals surface area contributed by atoms with Crippen LogP contribution in [0.2, 0.25) is 0 Å². The second-order valence-corrected chi connectivity index (χ2v) is 11.4. The summed E-state index contributed by atoms with van der Waals surface area (Å²) in [5.41, 5.74) is 1.08. The first-order valence-electron chi connectivity index (χ1n) is 11.6. The Morgan fingerprint density at radius 1 is 0.971 bits per heavy atom. The molecule has 0 aromatic heterocycles. The topological polar surface area (TPSA) is 86.8 Å². The lowest BCUT2D eigenvalue weighted by Crippen LogP contribution is -2.53. The number of nitrogens with zero attached hydrogens (tertiary/aromatic N) is 2. The minimum atomic E-state index is -3.50. The zero-order valence-corrected chi connectivity index (χ0v) is 21.6. The molecule has 0 aliphatic heterocycles. The van der Waals surface area contributed by atoms with Crippen molar-refractivity contribution < 1.29 is 18.0 Å². The number of sulfonamides is 1. The van der Waals surface area contributed by atoms with Crippen LogP contribution in [0, 0.1) is 0 Å². The van der Waals surface area contributed by atoms with Crippen molar-refractivity contribution >= 4 is 27.5 Å². The van der Waals surface area contributed by atoms with Gasteiger partial charge >= 0.3 is 0 Å². The SMILES string of the molecule is CC[C@@H](C(=O)NC(C)(C)C)N(Cc1ccccc1)C(=O)CCCN(c1ccccc1)S(C)(=O)=O. The number of nitrogens with one attached hydrogen (secondary N) is 1. The monoisotopic (exact) mass is 487 g/mol. The van der Waals surface area contributed by atoms with Crippen molar-refractivity contribution in [3.63, 3.8) is 0 Å². The molecule has 186 valence electrons. The predicted octanol–water partition coefficient (Wildman–Crippen LogP) is 3.95. The minimum Gasteiger partial charge on any atom is -0.350 e. The van der Waals surface area contributed by atoms with Crippen LogP contribution in [-0.2, 0) is 26.2 Å². The van der Waals surface area contributed by atoms with Crippen molar-refractivity contribution in [2.45, 2.75) is 65.1 Å². The molecule has 0 aliphatic carbocycles. The molecule has 0 radical (unpaired) electrons. The summed E-state index contributed by atoms with van der Waals surface area (Å²) < 4.78 is 26.0. The number of carbonyl (C=O) groups excluding carboxylic acids is 2. The molecule has 0 saturated carbocycles. The van der Waals surface area contributed by atoms with Gasteiger partial charge in [-0.1, -0.05) is 55.5 Å². The van der Waals surface area contributed by atoms with E-state index in [9.17, 15) is 18.0 Å². The smallest absolute Gasteiger partial charge is 0.243 e. The van der Waals surface area contributed by atoms with E-state index in [1.807, 2.05) is 64.1 Å². The Bertz CT molecular complexity index is 1030. The maximum absolute atomic E-state index is 13.4. The number of hydrogen-bond donors (Lipinski definition) is 1. The molecule has 0 aliphatic rings. The summed E-state index contributed by atoms with van der Waals surface area (Å²) in [5.74, 6) is -0.373. The van der Waals surface area contributed by atoms with Crippen molar-refractivity contribution in [3.05, 3.63) is 66.2 Å². The van der Waals surface area contributed by atoms with Gasteiger partial charge in [-0.2, -0.15) is 0 Å². The average Bonchev–Trinajstić information content (AvgIpc) is 2.75. The van der Waals surface area contributed by atoms with Crippen LogP contribution in [0.3, 0.4) is 0 Å². The van der Waals surface area contributed by atoms with Gasteiger partial charge in [0.25, 0.3) is 0 Å². The van der Waals surface area contributed by atoms with Gasteiger partial charge in [0, 0.05) is 25.0 Å². The largest absolute Gasteiger partial charge is 0.350 e. The van der Waals surface area contributed by atoms with E-state index in [1.165, 1.54) is 4.31 Å². The Morgan fingerprint density at radius 3 is 2.03 bits per heavy atom. The van der Waals surface area contributed by atoms with E-state index >= 15 is 0 Å². The Balaban J connectivity index is 2.19. The van der Waals surface area contributed by atoms with Crippen LogP contribution in [0.15, 0.2) is 60.7 Å². The molecule has 0 fully saturated rings. The Hall–Kier alpha value is -2.87. The quantitative estimate of drug-likeness (QED) is 0.520. The number of carbonyl (C=O) groups is 2. The highest BCUT2D eigenvalue weighted by Crippen LogP contribution is 2.19. The molecule has 1 atom stereocenters. The summed E-state index contributed by atoms with van der Waals surface area (Å²) in [6.07, 6.45) is 2.10. The van der Waals surface area contributed by atoms with E-state index in [4.69, 9.17) is 0 Å². The third kappa shape index (κ3) is 8.48. The van der Waals surface area contributed by atoms with Gasteiger partial charge in [0.15, 0.2) is 0 Å². The van der Waals surface area contributed by atoms with Crippen LogP contribution < -0.4 is 9.62 Å². The highest BCUT2D eigenvalue weighted by atomic mass is 32.2. The van der Waals surface area contributed by atoms with Gasteiger partial charge in [0.2, 0.25) is 21.8 Å². The van der Waals surface area contributed by atoms with E-state index in [1.54, 1.807) is 29.2 Å². The van der Waals surface area contributed by atoms with E-state index in [2.05, 4.69) is 5.32 Å². The molecular weight excluding hydrogens is 450 g/mol. The lowest BCUT2D eigenvalue weighted by Gasteiger charge is -2.33. The van der Waals surface area contributed by atoms with E-state index in [-0.39, 0.29) is 24.8 Å². The molecule has 2 aromatic carbocycles. The molecule has 0 unspecified atom stereocenters. The number of benzene rings is 2. The Labute approximate surface area is 204 Å². The van der Waals surface area contributed by atoms with Crippen LogP contribution in [0.25, 0.3) is 0 Å². The van der Waals surface area contributed by atoms with E-state index in [0.29, 0.717) is 25.1 Å². The predicted molar refractivity (Wildman–Crippen MR) is 137 cm³/mol. The summed E-state index contributed by atoms with van der Waals surface area (Å²) in [6.45, 7) is 8.10. The van der Waals surface area contributed by atoms with Gasteiger partial charge in [-0.25, -0.2) is 8.42 Å². The highest BCUT2D eigenvalue weighted by molar-refractivity contribution is 7.92. The van der Waals surface area contributed by atoms with Crippen LogP contribution in [-0.4, -0.2) is 49.5 Å². The van der Waals surface area contributed by atoms with E-state index < -0.39 is 21.6 Å².